The van der Waals surface area contributed by atoms with Gasteiger partial charge in [-0.2, -0.15) is 0 Å². The SMILES string of the molecule is CC(C)(C)c1c[nH]c2cccc(Cl)c12. The number of rotatable bonds is 0. The zero-order valence-electron chi connectivity index (χ0n) is 8.69. The Labute approximate surface area is 89.1 Å². The van der Waals surface area contributed by atoms with Gasteiger partial charge in [0.1, 0.15) is 0 Å². The van der Waals surface area contributed by atoms with E-state index in [1.165, 1.54) is 5.56 Å². The first-order chi connectivity index (χ1) is 6.50. The predicted octanol–water partition coefficient (Wildman–Crippen LogP) is 4.12. The van der Waals surface area contributed by atoms with E-state index >= 15 is 0 Å². The number of halogens is 1. The van der Waals surface area contributed by atoms with Crippen LogP contribution in [-0.4, -0.2) is 4.98 Å². The molecular weight excluding hydrogens is 194 g/mol. The highest BCUT2D eigenvalue weighted by atomic mass is 35.5. The zero-order chi connectivity index (χ0) is 10.3. The fourth-order valence-corrected chi connectivity index (χ4v) is 2.01. The molecule has 2 aromatic rings. The van der Waals surface area contributed by atoms with Gasteiger partial charge in [-0.3, -0.25) is 0 Å². The molecule has 0 fully saturated rings. The Hall–Kier alpha value is -0.950. The molecule has 74 valence electrons. The fraction of sp³-hybridized carbons (Fsp3) is 0.333. The van der Waals surface area contributed by atoms with Crippen molar-refractivity contribution in [1.29, 1.82) is 0 Å². The minimum absolute atomic E-state index is 0.128. The summed E-state index contributed by atoms with van der Waals surface area (Å²) in [5.74, 6) is 0. The second-order valence-corrected chi connectivity index (χ2v) is 5.02. The summed E-state index contributed by atoms with van der Waals surface area (Å²) in [6, 6.07) is 5.96. The number of hydrogen-bond acceptors (Lipinski definition) is 0. The van der Waals surface area contributed by atoms with Crippen molar-refractivity contribution in [1.82, 2.24) is 4.98 Å². The molecule has 0 radical (unpaired) electrons. The maximum Gasteiger partial charge on any atom is 0.0502 e. The van der Waals surface area contributed by atoms with E-state index in [1.54, 1.807) is 0 Å². The molecule has 0 aliphatic carbocycles. The molecule has 0 atom stereocenters. The van der Waals surface area contributed by atoms with Gasteiger partial charge in [0.25, 0.3) is 0 Å². The van der Waals surface area contributed by atoms with E-state index < -0.39 is 0 Å². The van der Waals surface area contributed by atoms with Gasteiger partial charge in [-0.05, 0) is 23.1 Å². The molecular formula is C12H14ClN. The number of nitrogens with one attached hydrogen (secondary N) is 1. The maximum atomic E-state index is 6.19. The van der Waals surface area contributed by atoms with Crippen molar-refractivity contribution >= 4 is 22.5 Å². The highest BCUT2D eigenvalue weighted by Gasteiger charge is 2.19. The molecule has 1 nitrogen and oxygen atoms in total. The first-order valence-electron chi connectivity index (χ1n) is 4.76. The molecule has 0 aliphatic heterocycles. The second-order valence-electron chi connectivity index (χ2n) is 4.61. The summed E-state index contributed by atoms with van der Waals surface area (Å²) in [5, 5.41) is 1.98. The zero-order valence-corrected chi connectivity index (χ0v) is 9.44. The molecule has 1 N–H and O–H groups in total. The number of H-pyrrole nitrogens is 1. The Morgan fingerprint density at radius 2 is 1.93 bits per heavy atom. The summed E-state index contributed by atoms with van der Waals surface area (Å²) >= 11 is 6.19. The van der Waals surface area contributed by atoms with Crippen LogP contribution < -0.4 is 0 Å². The largest absolute Gasteiger partial charge is 0.361 e. The van der Waals surface area contributed by atoms with Gasteiger partial charge in [0.2, 0.25) is 0 Å². The van der Waals surface area contributed by atoms with E-state index in [1.807, 2.05) is 12.1 Å². The molecule has 0 saturated carbocycles. The molecule has 1 aromatic carbocycles. The van der Waals surface area contributed by atoms with Gasteiger partial charge in [-0.1, -0.05) is 38.4 Å². The van der Waals surface area contributed by atoms with Gasteiger partial charge in [0.05, 0.1) is 5.02 Å². The molecule has 1 aromatic heterocycles. The van der Waals surface area contributed by atoms with Crippen LogP contribution >= 0.6 is 11.6 Å². The number of fused-ring (bicyclic) bond motifs is 1. The van der Waals surface area contributed by atoms with Crippen LogP contribution in [0.5, 0.6) is 0 Å². The Balaban J connectivity index is 2.80. The highest BCUT2D eigenvalue weighted by molar-refractivity contribution is 6.35. The molecule has 2 rings (SSSR count). The second kappa shape index (κ2) is 3.03. The van der Waals surface area contributed by atoms with Gasteiger partial charge in [-0.15, -0.1) is 0 Å². The van der Waals surface area contributed by atoms with Crippen LogP contribution in [0.15, 0.2) is 24.4 Å². The van der Waals surface area contributed by atoms with Crippen LogP contribution in [0.3, 0.4) is 0 Å². The van der Waals surface area contributed by atoms with Crippen molar-refractivity contribution in [2.24, 2.45) is 0 Å². The summed E-state index contributed by atoms with van der Waals surface area (Å²) in [4.78, 5) is 3.25. The van der Waals surface area contributed by atoms with E-state index in [9.17, 15) is 0 Å². The third-order valence-corrected chi connectivity index (χ3v) is 2.78. The Morgan fingerprint density at radius 1 is 1.21 bits per heavy atom. The van der Waals surface area contributed by atoms with Crippen LogP contribution in [0, 0.1) is 0 Å². The van der Waals surface area contributed by atoms with Gasteiger partial charge in [0.15, 0.2) is 0 Å². The van der Waals surface area contributed by atoms with Crippen LogP contribution in [0.4, 0.5) is 0 Å². The van der Waals surface area contributed by atoms with Crippen molar-refractivity contribution in [2.75, 3.05) is 0 Å². The lowest BCUT2D eigenvalue weighted by molar-refractivity contribution is 0.596. The predicted molar refractivity (Wildman–Crippen MR) is 62.0 cm³/mol. The molecule has 0 bridgehead atoms. The summed E-state index contributed by atoms with van der Waals surface area (Å²) in [7, 11) is 0. The van der Waals surface area contributed by atoms with Crippen LogP contribution in [0.2, 0.25) is 5.02 Å². The smallest absolute Gasteiger partial charge is 0.0502 e. The third kappa shape index (κ3) is 1.42. The van der Waals surface area contributed by atoms with Crippen LogP contribution in [0.1, 0.15) is 26.3 Å². The van der Waals surface area contributed by atoms with Crippen LogP contribution in [-0.2, 0) is 5.41 Å². The fourth-order valence-electron chi connectivity index (χ4n) is 1.73. The lowest BCUT2D eigenvalue weighted by atomic mass is 9.87. The van der Waals surface area contributed by atoms with Gasteiger partial charge >= 0.3 is 0 Å². The quantitative estimate of drug-likeness (QED) is 0.669. The Bertz CT molecular complexity index is 463. The molecule has 1 heterocycles. The van der Waals surface area contributed by atoms with Gasteiger partial charge in [0, 0.05) is 17.1 Å². The minimum atomic E-state index is 0.128. The number of aromatic nitrogens is 1. The van der Waals surface area contributed by atoms with E-state index in [2.05, 4.69) is 38.0 Å². The molecule has 2 heteroatoms. The standard InChI is InChI=1S/C12H14ClN/c1-12(2,3)8-7-14-10-6-4-5-9(13)11(8)10/h4-7,14H,1-3H3. The molecule has 0 spiro atoms. The summed E-state index contributed by atoms with van der Waals surface area (Å²) in [6.45, 7) is 6.58. The monoisotopic (exact) mass is 207 g/mol. The van der Waals surface area contributed by atoms with E-state index in [4.69, 9.17) is 11.6 Å². The summed E-state index contributed by atoms with van der Waals surface area (Å²) < 4.78 is 0. The van der Waals surface area contributed by atoms with Crippen molar-refractivity contribution in [3.63, 3.8) is 0 Å². The van der Waals surface area contributed by atoms with Gasteiger partial charge in [-0.25, -0.2) is 0 Å². The highest BCUT2D eigenvalue weighted by Crippen LogP contribution is 2.34. The first kappa shape index (κ1) is 9.60. The first-order valence-corrected chi connectivity index (χ1v) is 5.14. The normalized spacial score (nSPS) is 12.3. The topological polar surface area (TPSA) is 15.8 Å². The summed E-state index contributed by atoms with van der Waals surface area (Å²) in [6.07, 6.45) is 2.05. The molecule has 14 heavy (non-hydrogen) atoms. The lowest BCUT2D eigenvalue weighted by Crippen LogP contribution is -2.09. The molecule has 0 saturated heterocycles. The maximum absolute atomic E-state index is 6.19. The molecule has 0 unspecified atom stereocenters. The Morgan fingerprint density at radius 3 is 2.57 bits per heavy atom. The van der Waals surface area contributed by atoms with Crippen molar-refractivity contribution in [2.45, 2.75) is 26.2 Å². The van der Waals surface area contributed by atoms with E-state index in [-0.39, 0.29) is 5.41 Å². The van der Waals surface area contributed by atoms with Crippen molar-refractivity contribution in [3.05, 3.63) is 35.0 Å². The Kier molecular flexibility index (Phi) is 2.07. The van der Waals surface area contributed by atoms with Gasteiger partial charge < -0.3 is 4.98 Å². The number of hydrogen-bond donors (Lipinski definition) is 1. The summed E-state index contributed by atoms with van der Waals surface area (Å²) in [5.41, 5.74) is 2.52. The number of aromatic amines is 1. The minimum Gasteiger partial charge on any atom is -0.361 e. The average molecular weight is 208 g/mol. The van der Waals surface area contributed by atoms with Crippen molar-refractivity contribution < 1.29 is 0 Å². The van der Waals surface area contributed by atoms with E-state index in [0.29, 0.717) is 0 Å². The molecule has 0 amide bonds. The molecule has 0 aliphatic rings. The van der Waals surface area contributed by atoms with Crippen molar-refractivity contribution in [3.8, 4) is 0 Å². The van der Waals surface area contributed by atoms with E-state index in [0.717, 1.165) is 15.9 Å². The lowest BCUT2D eigenvalue weighted by Gasteiger charge is -2.17. The van der Waals surface area contributed by atoms with Crippen LogP contribution in [0.25, 0.3) is 10.9 Å². The third-order valence-electron chi connectivity index (χ3n) is 2.46. The number of benzene rings is 1. The average Bonchev–Trinajstić information content (AvgIpc) is 2.47.